The maximum atomic E-state index is 13.3. The predicted octanol–water partition coefficient (Wildman–Crippen LogP) is 4.57. The number of fused-ring (bicyclic) bond motifs is 1. The van der Waals surface area contributed by atoms with Crippen molar-refractivity contribution < 1.29 is 19.1 Å². The number of nitrogens with zero attached hydrogens (tertiary/aromatic N) is 1. The minimum atomic E-state index is -1.29. The number of thioether (sulfide) groups is 1. The van der Waals surface area contributed by atoms with Gasteiger partial charge in [0.1, 0.15) is 5.82 Å². The number of carbonyl (C=O) groups excluding carboxylic acids is 1. The Bertz CT molecular complexity index is 1180. The summed E-state index contributed by atoms with van der Waals surface area (Å²) in [6.45, 7) is 0. The van der Waals surface area contributed by atoms with Crippen LogP contribution in [0.2, 0.25) is 0 Å². The van der Waals surface area contributed by atoms with Crippen LogP contribution in [0.1, 0.15) is 15.9 Å². The fourth-order valence-electron chi connectivity index (χ4n) is 2.88. The van der Waals surface area contributed by atoms with E-state index in [0.29, 0.717) is 4.91 Å². The average Bonchev–Trinajstić information content (AvgIpc) is 3.02. The monoisotopic (exact) mass is 392 g/mol. The van der Waals surface area contributed by atoms with Gasteiger partial charge in [0.2, 0.25) is 0 Å². The third kappa shape index (κ3) is 3.52. The minimum Gasteiger partial charge on any atom is -0.478 e. The molecule has 0 aromatic heterocycles. The Labute approximate surface area is 163 Å². The Balaban J connectivity index is 1.69. The SMILES string of the molecule is O=C1NC(=Nc2ccc(F)cc2C(=O)O)S/C1=C\c1cccc2ccccc12. The van der Waals surface area contributed by atoms with Crippen molar-refractivity contribution in [1.29, 1.82) is 0 Å². The van der Waals surface area contributed by atoms with Crippen LogP contribution >= 0.6 is 11.8 Å². The lowest BCUT2D eigenvalue weighted by molar-refractivity contribution is -0.115. The highest BCUT2D eigenvalue weighted by molar-refractivity contribution is 8.18. The second kappa shape index (κ2) is 7.28. The summed E-state index contributed by atoms with van der Waals surface area (Å²) in [6, 6.07) is 17.0. The topological polar surface area (TPSA) is 78.8 Å². The second-order valence-electron chi connectivity index (χ2n) is 6.02. The molecule has 0 unspecified atom stereocenters. The molecule has 0 bridgehead atoms. The molecule has 1 aliphatic heterocycles. The maximum absolute atomic E-state index is 13.3. The first kappa shape index (κ1) is 17.9. The molecule has 7 heteroatoms. The summed E-state index contributed by atoms with van der Waals surface area (Å²) in [6.07, 6.45) is 1.77. The lowest BCUT2D eigenvalue weighted by Crippen LogP contribution is -2.19. The number of amidine groups is 1. The number of aromatic carboxylic acids is 1. The number of amides is 1. The Hall–Kier alpha value is -3.45. The van der Waals surface area contributed by atoms with Crippen LogP contribution < -0.4 is 5.32 Å². The normalized spacial score (nSPS) is 16.7. The van der Waals surface area contributed by atoms with E-state index in [1.54, 1.807) is 6.08 Å². The van der Waals surface area contributed by atoms with Crippen molar-refractivity contribution in [1.82, 2.24) is 5.32 Å². The first-order valence-electron chi connectivity index (χ1n) is 8.31. The Kier molecular flexibility index (Phi) is 4.67. The van der Waals surface area contributed by atoms with Gasteiger partial charge in [-0.05, 0) is 52.4 Å². The molecule has 5 nitrogen and oxygen atoms in total. The standard InChI is InChI=1S/C21H13FN2O3S/c22-14-8-9-17(16(11-14)20(26)27)23-21-24-19(25)18(28-21)10-13-6-3-5-12-4-1-2-7-15(12)13/h1-11H,(H,26,27)(H,23,24,25)/b18-10-. The summed E-state index contributed by atoms with van der Waals surface area (Å²) >= 11 is 1.11. The lowest BCUT2D eigenvalue weighted by atomic mass is 10.0. The van der Waals surface area contributed by atoms with Gasteiger partial charge in [-0.2, -0.15) is 0 Å². The summed E-state index contributed by atoms with van der Waals surface area (Å²) in [5.74, 6) is -2.28. The highest BCUT2D eigenvalue weighted by Gasteiger charge is 2.25. The van der Waals surface area contributed by atoms with Gasteiger partial charge in [-0.1, -0.05) is 42.5 Å². The molecule has 0 aliphatic carbocycles. The minimum absolute atomic E-state index is 0.0723. The van der Waals surface area contributed by atoms with Gasteiger partial charge in [-0.15, -0.1) is 0 Å². The molecule has 0 radical (unpaired) electrons. The molecule has 4 rings (SSSR count). The predicted molar refractivity (Wildman–Crippen MR) is 108 cm³/mol. The van der Waals surface area contributed by atoms with E-state index >= 15 is 0 Å². The summed E-state index contributed by atoms with van der Waals surface area (Å²) in [5.41, 5.74) is 0.696. The lowest BCUT2D eigenvalue weighted by Gasteiger charge is -2.02. The van der Waals surface area contributed by atoms with Crippen LogP contribution in [0, 0.1) is 5.82 Å². The number of carboxylic acids is 1. The third-order valence-electron chi connectivity index (χ3n) is 4.17. The molecule has 1 saturated heterocycles. The first-order valence-corrected chi connectivity index (χ1v) is 9.13. The van der Waals surface area contributed by atoms with Crippen molar-refractivity contribution in [2.24, 2.45) is 4.99 Å². The van der Waals surface area contributed by atoms with Gasteiger partial charge >= 0.3 is 5.97 Å². The Morgan fingerprint density at radius 1 is 1.11 bits per heavy atom. The van der Waals surface area contributed by atoms with E-state index in [1.807, 2.05) is 42.5 Å². The van der Waals surface area contributed by atoms with E-state index in [9.17, 15) is 19.1 Å². The average molecular weight is 392 g/mol. The molecule has 1 heterocycles. The largest absolute Gasteiger partial charge is 0.478 e. The zero-order chi connectivity index (χ0) is 19.7. The molecule has 138 valence electrons. The molecular formula is C21H13FN2O3S. The van der Waals surface area contributed by atoms with Crippen LogP contribution in [0.25, 0.3) is 16.8 Å². The van der Waals surface area contributed by atoms with Crippen molar-refractivity contribution in [2.75, 3.05) is 0 Å². The number of benzene rings is 3. The molecule has 2 N–H and O–H groups in total. The molecule has 0 saturated carbocycles. The Morgan fingerprint density at radius 2 is 1.89 bits per heavy atom. The van der Waals surface area contributed by atoms with Gasteiger partial charge in [0.15, 0.2) is 5.17 Å². The van der Waals surface area contributed by atoms with Gasteiger partial charge in [0, 0.05) is 0 Å². The van der Waals surface area contributed by atoms with E-state index < -0.39 is 11.8 Å². The van der Waals surface area contributed by atoms with Crippen molar-refractivity contribution in [2.45, 2.75) is 0 Å². The maximum Gasteiger partial charge on any atom is 0.338 e. The van der Waals surface area contributed by atoms with E-state index in [1.165, 1.54) is 6.07 Å². The van der Waals surface area contributed by atoms with Gasteiger partial charge in [0.25, 0.3) is 5.91 Å². The molecule has 28 heavy (non-hydrogen) atoms. The number of carboxylic acid groups (broad SMARTS) is 1. The van der Waals surface area contributed by atoms with Crippen LogP contribution in [-0.4, -0.2) is 22.2 Å². The van der Waals surface area contributed by atoms with Crippen molar-refractivity contribution in [3.05, 3.63) is 82.5 Å². The third-order valence-corrected chi connectivity index (χ3v) is 5.08. The second-order valence-corrected chi connectivity index (χ2v) is 7.05. The van der Waals surface area contributed by atoms with E-state index in [-0.39, 0.29) is 22.3 Å². The van der Waals surface area contributed by atoms with Crippen molar-refractivity contribution in [3.8, 4) is 0 Å². The van der Waals surface area contributed by atoms with Crippen molar-refractivity contribution >= 4 is 51.3 Å². The summed E-state index contributed by atoms with van der Waals surface area (Å²) in [5, 5.41) is 14.2. The molecule has 0 atom stereocenters. The highest BCUT2D eigenvalue weighted by atomic mass is 32.2. The molecule has 1 fully saturated rings. The molecule has 0 spiro atoms. The van der Waals surface area contributed by atoms with Gasteiger partial charge < -0.3 is 10.4 Å². The number of halogens is 1. The molecule has 1 aliphatic rings. The van der Waals surface area contributed by atoms with E-state index in [4.69, 9.17) is 0 Å². The molecular weight excluding hydrogens is 379 g/mol. The number of rotatable bonds is 3. The fraction of sp³-hybridized carbons (Fsp3) is 0. The summed E-state index contributed by atoms with van der Waals surface area (Å²) in [7, 11) is 0. The molecule has 1 amide bonds. The smallest absolute Gasteiger partial charge is 0.338 e. The zero-order valence-corrected chi connectivity index (χ0v) is 15.2. The van der Waals surface area contributed by atoms with Crippen LogP contribution in [0.5, 0.6) is 0 Å². The molecule has 3 aromatic rings. The summed E-state index contributed by atoms with van der Waals surface area (Å²) < 4.78 is 13.3. The van der Waals surface area contributed by atoms with Crippen LogP contribution in [0.4, 0.5) is 10.1 Å². The first-order chi connectivity index (χ1) is 13.5. The van der Waals surface area contributed by atoms with Gasteiger partial charge in [0.05, 0.1) is 16.2 Å². The quantitative estimate of drug-likeness (QED) is 0.640. The van der Waals surface area contributed by atoms with Crippen LogP contribution in [0.3, 0.4) is 0 Å². The number of hydrogen-bond donors (Lipinski definition) is 2. The number of nitrogens with one attached hydrogen (secondary N) is 1. The fourth-order valence-corrected chi connectivity index (χ4v) is 3.71. The van der Waals surface area contributed by atoms with Crippen molar-refractivity contribution in [3.63, 3.8) is 0 Å². The van der Waals surface area contributed by atoms with Crippen LogP contribution in [-0.2, 0) is 4.79 Å². The Morgan fingerprint density at radius 3 is 2.71 bits per heavy atom. The number of hydrogen-bond acceptors (Lipinski definition) is 4. The summed E-state index contributed by atoms with van der Waals surface area (Å²) in [4.78, 5) is 28.3. The zero-order valence-electron chi connectivity index (χ0n) is 14.3. The number of carbonyl (C=O) groups is 2. The van der Waals surface area contributed by atoms with Gasteiger partial charge in [-0.3, -0.25) is 4.79 Å². The van der Waals surface area contributed by atoms with Crippen LogP contribution in [0.15, 0.2) is 70.6 Å². The number of aliphatic imine (C=N–C) groups is 1. The van der Waals surface area contributed by atoms with E-state index in [0.717, 1.165) is 40.2 Å². The van der Waals surface area contributed by atoms with E-state index in [2.05, 4.69) is 10.3 Å². The van der Waals surface area contributed by atoms with Gasteiger partial charge in [-0.25, -0.2) is 14.2 Å². The highest BCUT2D eigenvalue weighted by Crippen LogP contribution is 2.31. The molecule has 3 aromatic carbocycles.